The lowest BCUT2D eigenvalue weighted by Crippen LogP contribution is -2.35. The van der Waals surface area contributed by atoms with Gasteiger partial charge in [0.05, 0.1) is 6.61 Å². The second-order valence-corrected chi connectivity index (χ2v) is 5.27. The van der Waals surface area contributed by atoms with Gasteiger partial charge in [-0.25, -0.2) is 0 Å². The molecule has 4 nitrogen and oxygen atoms in total. The van der Waals surface area contributed by atoms with Gasteiger partial charge in [-0.05, 0) is 25.0 Å². The summed E-state index contributed by atoms with van der Waals surface area (Å²) in [5.74, 6) is 0.894. The van der Waals surface area contributed by atoms with Gasteiger partial charge in [0.2, 0.25) is 0 Å². The molecule has 19 heavy (non-hydrogen) atoms. The summed E-state index contributed by atoms with van der Waals surface area (Å²) >= 11 is 0. The van der Waals surface area contributed by atoms with Gasteiger partial charge < -0.3 is 19.7 Å². The van der Waals surface area contributed by atoms with E-state index in [2.05, 4.69) is 22.3 Å². The van der Waals surface area contributed by atoms with Crippen LogP contribution >= 0.6 is 0 Å². The molecule has 106 valence electrons. The Morgan fingerprint density at radius 3 is 2.79 bits per heavy atom. The topological polar surface area (TPSA) is 33.7 Å². The zero-order valence-electron chi connectivity index (χ0n) is 12.1. The summed E-state index contributed by atoms with van der Waals surface area (Å²) < 4.78 is 11.2. The largest absolute Gasteiger partial charge is 0.487 e. The SMILES string of the molecule is COCC(CNC1CC1)Oc1cccc(N(C)C)c1. The second kappa shape index (κ2) is 6.78. The summed E-state index contributed by atoms with van der Waals surface area (Å²) in [6.45, 7) is 1.44. The lowest BCUT2D eigenvalue weighted by atomic mass is 10.3. The Hall–Kier alpha value is -1.26. The van der Waals surface area contributed by atoms with Crippen molar-refractivity contribution < 1.29 is 9.47 Å². The summed E-state index contributed by atoms with van der Waals surface area (Å²) in [6.07, 6.45) is 2.63. The van der Waals surface area contributed by atoms with Crippen LogP contribution in [-0.4, -0.2) is 46.5 Å². The van der Waals surface area contributed by atoms with Crippen LogP contribution in [0.5, 0.6) is 5.75 Å². The van der Waals surface area contributed by atoms with Crippen LogP contribution in [0.15, 0.2) is 24.3 Å². The molecular formula is C15H24N2O2. The number of rotatable bonds is 8. The molecule has 1 unspecified atom stereocenters. The maximum Gasteiger partial charge on any atom is 0.134 e. The third kappa shape index (κ3) is 4.73. The van der Waals surface area contributed by atoms with E-state index < -0.39 is 0 Å². The number of hydrogen-bond donors (Lipinski definition) is 1. The summed E-state index contributed by atoms with van der Waals surface area (Å²) in [6, 6.07) is 8.83. The fraction of sp³-hybridized carbons (Fsp3) is 0.600. The minimum Gasteiger partial charge on any atom is -0.487 e. The molecule has 1 N–H and O–H groups in total. The smallest absolute Gasteiger partial charge is 0.134 e. The molecule has 1 aliphatic rings. The van der Waals surface area contributed by atoms with Gasteiger partial charge in [0.15, 0.2) is 0 Å². The van der Waals surface area contributed by atoms with Gasteiger partial charge in [-0.3, -0.25) is 0 Å². The minimum atomic E-state index is 0.0583. The van der Waals surface area contributed by atoms with Gasteiger partial charge in [-0.2, -0.15) is 0 Å². The molecular weight excluding hydrogens is 240 g/mol. The van der Waals surface area contributed by atoms with Crippen LogP contribution < -0.4 is 15.0 Å². The van der Waals surface area contributed by atoms with Crippen molar-refractivity contribution in [3.63, 3.8) is 0 Å². The first kappa shape index (κ1) is 14.2. The predicted octanol–water partition coefficient (Wildman–Crippen LogP) is 1.90. The van der Waals surface area contributed by atoms with E-state index >= 15 is 0 Å². The Bertz CT molecular complexity index is 391. The molecule has 0 aromatic heterocycles. The van der Waals surface area contributed by atoms with Crippen molar-refractivity contribution in [1.82, 2.24) is 5.32 Å². The van der Waals surface area contributed by atoms with Gasteiger partial charge in [-0.1, -0.05) is 6.07 Å². The van der Waals surface area contributed by atoms with Crippen LogP contribution in [0.3, 0.4) is 0 Å². The summed E-state index contributed by atoms with van der Waals surface area (Å²) in [7, 11) is 5.77. The maximum atomic E-state index is 6.01. The first-order valence-corrected chi connectivity index (χ1v) is 6.85. The molecule has 0 radical (unpaired) electrons. The first-order chi connectivity index (χ1) is 9.19. The highest BCUT2D eigenvalue weighted by Gasteiger charge is 2.22. The Morgan fingerprint density at radius 1 is 1.37 bits per heavy atom. The van der Waals surface area contributed by atoms with Gasteiger partial charge >= 0.3 is 0 Å². The molecule has 1 atom stereocenters. The van der Waals surface area contributed by atoms with Gasteiger partial charge in [0.1, 0.15) is 11.9 Å². The molecule has 2 rings (SSSR count). The fourth-order valence-corrected chi connectivity index (χ4v) is 1.93. The third-order valence-electron chi connectivity index (χ3n) is 3.20. The molecule has 0 aliphatic heterocycles. The highest BCUT2D eigenvalue weighted by molar-refractivity contribution is 5.49. The van der Waals surface area contributed by atoms with Crippen molar-refractivity contribution in [2.75, 3.05) is 39.3 Å². The van der Waals surface area contributed by atoms with Crippen molar-refractivity contribution in [1.29, 1.82) is 0 Å². The monoisotopic (exact) mass is 264 g/mol. The van der Waals surface area contributed by atoms with Crippen molar-refractivity contribution in [2.24, 2.45) is 0 Å². The summed E-state index contributed by atoms with van der Waals surface area (Å²) in [5.41, 5.74) is 1.14. The van der Waals surface area contributed by atoms with Crippen LogP contribution in [0.4, 0.5) is 5.69 Å². The van der Waals surface area contributed by atoms with E-state index in [1.807, 2.05) is 26.2 Å². The quantitative estimate of drug-likeness (QED) is 0.777. The van der Waals surface area contributed by atoms with Crippen molar-refractivity contribution in [2.45, 2.75) is 25.0 Å². The molecule has 1 saturated carbocycles. The van der Waals surface area contributed by atoms with E-state index in [-0.39, 0.29) is 6.10 Å². The molecule has 0 saturated heterocycles. The third-order valence-corrected chi connectivity index (χ3v) is 3.20. The van der Waals surface area contributed by atoms with Crippen molar-refractivity contribution in [3.05, 3.63) is 24.3 Å². The maximum absolute atomic E-state index is 6.01. The van der Waals surface area contributed by atoms with Crippen LogP contribution in [-0.2, 0) is 4.74 Å². The predicted molar refractivity (Wildman–Crippen MR) is 78.1 cm³/mol. The van der Waals surface area contributed by atoms with Crippen LogP contribution in [0, 0.1) is 0 Å². The number of anilines is 1. The number of nitrogens with one attached hydrogen (secondary N) is 1. The Balaban J connectivity index is 1.92. The average Bonchev–Trinajstić information content (AvgIpc) is 3.20. The molecule has 4 heteroatoms. The lowest BCUT2D eigenvalue weighted by Gasteiger charge is -2.20. The molecule has 1 aromatic carbocycles. The number of nitrogens with zero attached hydrogens (tertiary/aromatic N) is 1. The minimum absolute atomic E-state index is 0.0583. The molecule has 0 bridgehead atoms. The lowest BCUT2D eigenvalue weighted by molar-refractivity contribution is 0.0804. The molecule has 0 amide bonds. The highest BCUT2D eigenvalue weighted by Crippen LogP contribution is 2.21. The molecule has 1 aliphatic carbocycles. The zero-order chi connectivity index (χ0) is 13.7. The van der Waals surface area contributed by atoms with E-state index in [0.29, 0.717) is 12.6 Å². The fourth-order valence-electron chi connectivity index (χ4n) is 1.93. The highest BCUT2D eigenvalue weighted by atomic mass is 16.5. The molecule has 0 heterocycles. The van der Waals surface area contributed by atoms with Gasteiger partial charge in [-0.15, -0.1) is 0 Å². The standard InChI is InChI=1S/C15H24N2O2/c1-17(2)13-5-4-6-14(9-13)19-15(11-18-3)10-16-12-7-8-12/h4-6,9,12,15-16H,7-8,10-11H2,1-3H3. The summed E-state index contributed by atoms with van der Waals surface area (Å²) in [4.78, 5) is 2.07. The van der Waals surface area contributed by atoms with E-state index in [9.17, 15) is 0 Å². The second-order valence-electron chi connectivity index (χ2n) is 5.27. The normalized spacial score (nSPS) is 16.2. The van der Waals surface area contributed by atoms with E-state index in [4.69, 9.17) is 9.47 Å². The molecule has 1 aromatic rings. The molecule has 1 fully saturated rings. The van der Waals surface area contributed by atoms with Crippen molar-refractivity contribution in [3.8, 4) is 5.75 Å². The van der Waals surface area contributed by atoms with Crippen LogP contribution in [0.1, 0.15) is 12.8 Å². The Morgan fingerprint density at radius 2 is 2.16 bits per heavy atom. The first-order valence-electron chi connectivity index (χ1n) is 6.85. The van der Waals surface area contributed by atoms with E-state index in [1.54, 1.807) is 7.11 Å². The number of methoxy groups -OCH3 is 1. The van der Waals surface area contributed by atoms with Gasteiger partial charge in [0.25, 0.3) is 0 Å². The van der Waals surface area contributed by atoms with E-state index in [1.165, 1.54) is 12.8 Å². The number of hydrogen-bond acceptors (Lipinski definition) is 4. The molecule has 0 spiro atoms. The Labute approximate surface area is 115 Å². The van der Waals surface area contributed by atoms with E-state index in [0.717, 1.165) is 18.0 Å². The average molecular weight is 264 g/mol. The van der Waals surface area contributed by atoms with Crippen molar-refractivity contribution >= 4 is 5.69 Å². The Kier molecular flexibility index (Phi) is 5.05. The van der Waals surface area contributed by atoms with Crippen LogP contribution in [0.2, 0.25) is 0 Å². The zero-order valence-corrected chi connectivity index (χ0v) is 12.1. The van der Waals surface area contributed by atoms with Crippen LogP contribution in [0.25, 0.3) is 0 Å². The number of ether oxygens (including phenoxy) is 2. The number of benzene rings is 1. The summed E-state index contributed by atoms with van der Waals surface area (Å²) in [5, 5.41) is 3.48. The van der Waals surface area contributed by atoms with Gasteiger partial charge in [0, 0.05) is 45.5 Å².